The molecule has 0 spiro atoms. The van der Waals surface area contributed by atoms with Gasteiger partial charge in [0.15, 0.2) is 0 Å². The lowest BCUT2D eigenvalue weighted by atomic mass is 10.1. The van der Waals surface area contributed by atoms with Crippen LogP contribution in [0.2, 0.25) is 0 Å². The van der Waals surface area contributed by atoms with Gasteiger partial charge in [0.1, 0.15) is 6.10 Å². The molecule has 1 atom stereocenters. The van der Waals surface area contributed by atoms with Crippen LogP contribution in [0.1, 0.15) is 13.3 Å². The van der Waals surface area contributed by atoms with Crippen molar-refractivity contribution in [3.63, 3.8) is 0 Å². The van der Waals surface area contributed by atoms with Crippen molar-refractivity contribution in [1.29, 1.82) is 0 Å². The first kappa shape index (κ1) is 8.62. The highest BCUT2D eigenvalue weighted by molar-refractivity contribution is 4.96. The SMILES string of the molecule is C=C(C)[C@@H](CCO)OO. The van der Waals surface area contributed by atoms with Gasteiger partial charge in [-0.3, -0.25) is 5.26 Å². The maximum Gasteiger partial charge on any atom is 0.115 e. The Morgan fingerprint density at radius 1 is 1.78 bits per heavy atom. The summed E-state index contributed by atoms with van der Waals surface area (Å²) in [6.07, 6.45) is -0.0266. The molecule has 0 aliphatic rings. The third kappa shape index (κ3) is 3.24. The van der Waals surface area contributed by atoms with E-state index in [1.807, 2.05) is 0 Å². The molecule has 9 heavy (non-hydrogen) atoms. The summed E-state index contributed by atoms with van der Waals surface area (Å²) in [7, 11) is 0. The van der Waals surface area contributed by atoms with E-state index in [2.05, 4.69) is 11.5 Å². The lowest BCUT2D eigenvalue weighted by molar-refractivity contribution is -0.270. The minimum atomic E-state index is -0.421. The monoisotopic (exact) mass is 132 g/mol. The minimum Gasteiger partial charge on any atom is -0.396 e. The van der Waals surface area contributed by atoms with Gasteiger partial charge in [0, 0.05) is 13.0 Å². The molecule has 0 heterocycles. The smallest absolute Gasteiger partial charge is 0.115 e. The Bertz CT molecular complexity index is 90.3. The molecule has 0 saturated carbocycles. The van der Waals surface area contributed by atoms with Crippen molar-refractivity contribution in [2.24, 2.45) is 0 Å². The second-order valence-corrected chi connectivity index (χ2v) is 1.95. The van der Waals surface area contributed by atoms with Crippen LogP contribution in [0.3, 0.4) is 0 Å². The van der Waals surface area contributed by atoms with Crippen LogP contribution in [-0.2, 0) is 4.89 Å². The minimum absolute atomic E-state index is 0.00190. The van der Waals surface area contributed by atoms with E-state index in [-0.39, 0.29) is 6.61 Å². The van der Waals surface area contributed by atoms with E-state index < -0.39 is 6.10 Å². The highest BCUT2D eigenvalue weighted by Crippen LogP contribution is 2.05. The first-order chi connectivity index (χ1) is 4.22. The van der Waals surface area contributed by atoms with Crippen molar-refractivity contribution < 1.29 is 15.3 Å². The zero-order chi connectivity index (χ0) is 7.28. The summed E-state index contributed by atoms with van der Waals surface area (Å²) in [5, 5.41) is 16.5. The van der Waals surface area contributed by atoms with Gasteiger partial charge in [-0.25, -0.2) is 4.89 Å². The van der Waals surface area contributed by atoms with Gasteiger partial charge in [-0.05, 0) is 12.5 Å². The van der Waals surface area contributed by atoms with E-state index in [9.17, 15) is 0 Å². The fourth-order valence-corrected chi connectivity index (χ4v) is 0.506. The average Bonchev–Trinajstić information content (AvgIpc) is 1.82. The van der Waals surface area contributed by atoms with Crippen molar-refractivity contribution in [2.45, 2.75) is 19.4 Å². The first-order valence-electron chi connectivity index (χ1n) is 2.78. The van der Waals surface area contributed by atoms with Crippen LogP contribution in [0, 0.1) is 0 Å². The number of hydrogen-bond acceptors (Lipinski definition) is 3. The third-order valence-corrected chi connectivity index (χ3v) is 1.07. The zero-order valence-corrected chi connectivity index (χ0v) is 5.50. The van der Waals surface area contributed by atoms with Crippen molar-refractivity contribution >= 4 is 0 Å². The molecule has 0 bridgehead atoms. The molecule has 0 aromatic rings. The van der Waals surface area contributed by atoms with Crippen LogP contribution in [0.5, 0.6) is 0 Å². The van der Waals surface area contributed by atoms with Gasteiger partial charge in [0.2, 0.25) is 0 Å². The van der Waals surface area contributed by atoms with Gasteiger partial charge in [0.25, 0.3) is 0 Å². The summed E-state index contributed by atoms with van der Waals surface area (Å²) in [4.78, 5) is 3.99. The van der Waals surface area contributed by atoms with Crippen LogP contribution in [-0.4, -0.2) is 23.1 Å². The van der Waals surface area contributed by atoms with Crippen molar-refractivity contribution in [2.75, 3.05) is 6.61 Å². The van der Waals surface area contributed by atoms with E-state index in [1.54, 1.807) is 6.92 Å². The molecule has 2 N–H and O–H groups in total. The number of aliphatic hydroxyl groups excluding tert-OH is 1. The molecule has 0 aliphatic carbocycles. The Labute approximate surface area is 54.5 Å². The summed E-state index contributed by atoms with van der Waals surface area (Å²) >= 11 is 0. The van der Waals surface area contributed by atoms with Gasteiger partial charge < -0.3 is 5.11 Å². The summed E-state index contributed by atoms with van der Waals surface area (Å²) in [6, 6.07) is 0. The van der Waals surface area contributed by atoms with Crippen LogP contribution in [0.4, 0.5) is 0 Å². The van der Waals surface area contributed by atoms with Crippen LogP contribution in [0.25, 0.3) is 0 Å². The molecule has 0 radical (unpaired) electrons. The number of aliphatic hydroxyl groups is 1. The molecule has 0 rings (SSSR count). The first-order valence-corrected chi connectivity index (χ1v) is 2.78. The summed E-state index contributed by atoms with van der Waals surface area (Å²) in [6.45, 7) is 5.28. The quantitative estimate of drug-likeness (QED) is 0.338. The molecule has 0 aliphatic heterocycles. The summed E-state index contributed by atoms with van der Waals surface area (Å²) in [5.74, 6) is 0. The number of rotatable bonds is 4. The molecule has 54 valence electrons. The standard InChI is InChI=1S/C6H12O3/c1-5(2)6(9-8)3-4-7/h6-8H,1,3-4H2,2H3/t6-/m1/s1. The molecule has 0 unspecified atom stereocenters. The maximum absolute atomic E-state index is 8.38. The Morgan fingerprint density at radius 2 is 2.33 bits per heavy atom. The van der Waals surface area contributed by atoms with E-state index >= 15 is 0 Å². The van der Waals surface area contributed by atoms with E-state index in [0.717, 1.165) is 0 Å². The number of hydrogen-bond donors (Lipinski definition) is 2. The molecule has 0 aromatic heterocycles. The van der Waals surface area contributed by atoms with Crippen molar-refractivity contribution in [3.8, 4) is 0 Å². The third-order valence-electron chi connectivity index (χ3n) is 1.07. The maximum atomic E-state index is 8.38. The molecule has 0 fully saturated rings. The molecule has 0 amide bonds. The van der Waals surface area contributed by atoms with Gasteiger partial charge in [0.05, 0.1) is 0 Å². The van der Waals surface area contributed by atoms with Crippen molar-refractivity contribution in [1.82, 2.24) is 0 Å². The molecular weight excluding hydrogens is 120 g/mol. The van der Waals surface area contributed by atoms with Gasteiger partial charge in [-0.15, -0.1) is 0 Å². The molecular formula is C6H12O3. The Kier molecular flexibility index (Phi) is 4.30. The predicted molar refractivity (Wildman–Crippen MR) is 34.0 cm³/mol. The molecule has 3 nitrogen and oxygen atoms in total. The van der Waals surface area contributed by atoms with Gasteiger partial charge >= 0.3 is 0 Å². The normalized spacial score (nSPS) is 13.2. The van der Waals surface area contributed by atoms with Gasteiger partial charge in [-0.2, -0.15) is 0 Å². The largest absolute Gasteiger partial charge is 0.396 e. The van der Waals surface area contributed by atoms with E-state index in [0.29, 0.717) is 12.0 Å². The Hall–Kier alpha value is -0.380. The highest BCUT2D eigenvalue weighted by Gasteiger charge is 2.07. The van der Waals surface area contributed by atoms with Gasteiger partial charge in [-0.1, -0.05) is 6.58 Å². The molecule has 0 aromatic carbocycles. The van der Waals surface area contributed by atoms with E-state index in [4.69, 9.17) is 10.4 Å². The van der Waals surface area contributed by atoms with E-state index in [1.165, 1.54) is 0 Å². The zero-order valence-electron chi connectivity index (χ0n) is 5.50. The average molecular weight is 132 g/mol. The lowest BCUT2D eigenvalue weighted by Gasteiger charge is -2.09. The van der Waals surface area contributed by atoms with Crippen LogP contribution >= 0.6 is 0 Å². The second kappa shape index (κ2) is 4.49. The van der Waals surface area contributed by atoms with Crippen molar-refractivity contribution in [3.05, 3.63) is 12.2 Å². The highest BCUT2D eigenvalue weighted by atomic mass is 17.1. The fourth-order valence-electron chi connectivity index (χ4n) is 0.506. The topological polar surface area (TPSA) is 49.7 Å². The van der Waals surface area contributed by atoms with Crippen LogP contribution < -0.4 is 0 Å². The fraction of sp³-hybridized carbons (Fsp3) is 0.667. The summed E-state index contributed by atoms with van der Waals surface area (Å²) in [5.41, 5.74) is 0.714. The predicted octanol–water partition coefficient (Wildman–Crippen LogP) is 0.803. The Morgan fingerprint density at radius 3 is 2.44 bits per heavy atom. The van der Waals surface area contributed by atoms with Crippen LogP contribution in [0.15, 0.2) is 12.2 Å². The Balaban J connectivity index is 3.54. The molecule has 0 saturated heterocycles. The lowest BCUT2D eigenvalue weighted by Crippen LogP contribution is -2.13. The second-order valence-electron chi connectivity index (χ2n) is 1.95. The summed E-state index contributed by atoms with van der Waals surface area (Å²) < 4.78 is 0. The molecule has 3 heteroatoms.